The Labute approximate surface area is 126 Å². The maximum absolute atomic E-state index is 2.71. The van der Waals surface area contributed by atoms with Crippen LogP contribution < -0.4 is 0 Å². The van der Waals surface area contributed by atoms with Gasteiger partial charge in [-0.05, 0) is 59.9 Å². The van der Waals surface area contributed by atoms with E-state index in [0.29, 0.717) is 5.54 Å². The molecular weight excluding hydrogens is 246 g/mol. The fourth-order valence-corrected chi connectivity index (χ4v) is 3.68. The summed E-state index contributed by atoms with van der Waals surface area (Å²) in [7, 11) is 0. The molecule has 2 aliphatic heterocycles. The Hall–Kier alpha value is -0.120. The SMILES string of the molecule is CC(C)N1CCC[C@H](CN2CCN(C(C)(C)C)CC2)C1. The van der Waals surface area contributed by atoms with E-state index < -0.39 is 0 Å². The molecule has 2 heterocycles. The maximum Gasteiger partial charge on any atom is 0.0126 e. The molecule has 0 spiro atoms. The zero-order chi connectivity index (χ0) is 14.8. The van der Waals surface area contributed by atoms with Crippen LogP contribution in [0.15, 0.2) is 0 Å². The summed E-state index contributed by atoms with van der Waals surface area (Å²) in [5.41, 5.74) is 0.339. The minimum absolute atomic E-state index is 0.339. The highest BCUT2D eigenvalue weighted by molar-refractivity contribution is 4.84. The molecule has 0 aliphatic carbocycles. The van der Waals surface area contributed by atoms with E-state index in [0.717, 1.165) is 12.0 Å². The van der Waals surface area contributed by atoms with Gasteiger partial charge in [-0.3, -0.25) is 4.90 Å². The Bertz CT molecular complexity index is 287. The van der Waals surface area contributed by atoms with Crippen molar-refractivity contribution < 1.29 is 0 Å². The summed E-state index contributed by atoms with van der Waals surface area (Å²) in [6.45, 7) is 20.6. The summed E-state index contributed by atoms with van der Waals surface area (Å²) in [5, 5.41) is 0. The zero-order valence-electron chi connectivity index (χ0n) is 14.4. The average Bonchev–Trinajstić information content (AvgIpc) is 2.38. The summed E-state index contributed by atoms with van der Waals surface area (Å²) < 4.78 is 0. The Morgan fingerprint density at radius 2 is 1.65 bits per heavy atom. The van der Waals surface area contributed by atoms with Crippen molar-refractivity contribution in [2.75, 3.05) is 45.8 Å². The number of likely N-dealkylation sites (tertiary alicyclic amines) is 1. The molecule has 2 saturated heterocycles. The molecule has 3 heteroatoms. The van der Waals surface area contributed by atoms with Crippen molar-refractivity contribution in [1.29, 1.82) is 0 Å². The van der Waals surface area contributed by atoms with E-state index in [2.05, 4.69) is 49.3 Å². The maximum atomic E-state index is 2.71. The lowest BCUT2D eigenvalue weighted by molar-refractivity contribution is 0.0428. The van der Waals surface area contributed by atoms with Gasteiger partial charge >= 0.3 is 0 Å². The van der Waals surface area contributed by atoms with Crippen LogP contribution in [0, 0.1) is 5.92 Å². The summed E-state index contributed by atoms with van der Waals surface area (Å²) in [6, 6.07) is 0.718. The molecule has 118 valence electrons. The van der Waals surface area contributed by atoms with Gasteiger partial charge in [-0.25, -0.2) is 0 Å². The van der Waals surface area contributed by atoms with Crippen molar-refractivity contribution in [2.45, 2.75) is 59.0 Å². The third kappa shape index (κ3) is 4.44. The number of hydrogen-bond acceptors (Lipinski definition) is 3. The Kier molecular flexibility index (Phi) is 5.49. The van der Waals surface area contributed by atoms with Crippen molar-refractivity contribution in [3.63, 3.8) is 0 Å². The second-order valence-corrected chi connectivity index (χ2v) is 8.06. The first-order valence-electron chi connectivity index (χ1n) is 8.57. The van der Waals surface area contributed by atoms with Gasteiger partial charge < -0.3 is 9.80 Å². The number of hydrogen-bond donors (Lipinski definition) is 0. The van der Waals surface area contributed by atoms with Gasteiger partial charge in [0.1, 0.15) is 0 Å². The van der Waals surface area contributed by atoms with Gasteiger partial charge in [0.15, 0.2) is 0 Å². The van der Waals surface area contributed by atoms with Crippen LogP contribution in [0.2, 0.25) is 0 Å². The van der Waals surface area contributed by atoms with Crippen LogP contribution in [0.3, 0.4) is 0 Å². The second kappa shape index (κ2) is 6.76. The molecule has 0 aromatic rings. The normalized spacial score (nSPS) is 28.2. The molecule has 0 aromatic heterocycles. The predicted molar refractivity (Wildman–Crippen MR) is 87.2 cm³/mol. The highest BCUT2D eigenvalue weighted by Gasteiger charge is 2.28. The molecular formula is C17H35N3. The van der Waals surface area contributed by atoms with Crippen molar-refractivity contribution in [1.82, 2.24) is 14.7 Å². The minimum atomic E-state index is 0.339. The molecule has 0 bridgehead atoms. The van der Waals surface area contributed by atoms with Crippen LogP contribution in [0.5, 0.6) is 0 Å². The van der Waals surface area contributed by atoms with Crippen LogP contribution in [-0.2, 0) is 0 Å². The fraction of sp³-hybridized carbons (Fsp3) is 1.00. The quantitative estimate of drug-likeness (QED) is 0.787. The third-order valence-electron chi connectivity index (χ3n) is 5.12. The van der Waals surface area contributed by atoms with Gasteiger partial charge in [0.2, 0.25) is 0 Å². The monoisotopic (exact) mass is 281 g/mol. The highest BCUT2D eigenvalue weighted by Crippen LogP contribution is 2.21. The molecule has 20 heavy (non-hydrogen) atoms. The lowest BCUT2D eigenvalue weighted by Crippen LogP contribution is -2.54. The Morgan fingerprint density at radius 1 is 1.00 bits per heavy atom. The van der Waals surface area contributed by atoms with E-state index in [4.69, 9.17) is 0 Å². The Balaban J connectivity index is 1.75. The zero-order valence-corrected chi connectivity index (χ0v) is 14.4. The van der Waals surface area contributed by atoms with Crippen molar-refractivity contribution >= 4 is 0 Å². The molecule has 0 aromatic carbocycles. The van der Waals surface area contributed by atoms with Crippen molar-refractivity contribution in [3.05, 3.63) is 0 Å². The van der Waals surface area contributed by atoms with Crippen LogP contribution >= 0.6 is 0 Å². The van der Waals surface area contributed by atoms with E-state index in [1.807, 2.05) is 0 Å². The standard InChI is InChI=1S/C17H35N3/c1-15(2)19-8-6-7-16(14-19)13-18-9-11-20(12-10-18)17(3,4)5/h15-16H,6-14H2,1-5H3/t16-/m1/s1. The molecule has 2 rings (SSSR count). The van der Waals surface area contributed by atoms with Crippen LogP contribution in [0.25, 0.3) is 0 Å². The largest absolute Gasteiger partial charge is 0.301 e. The first-order chi connectivity index (χ1) is 9.36. The number of rotatable bonds is 3. The van der Waals surface area contributed by atoms with Gasteiger partial charge in [-0.1, -0.05) is 0 Å². The van der Waals surface area contributed by atoms with Crippen LogP contribution in [0.1, 0.15) is 47.5 Å². The topological polar surface area (TPSA) is 9.72 Å². The van der Waals surface area contributed by atoms with Crippen molar-refractivity contribution in [2.24, 2.45) is 5.92 Å². The van der Waals surface area contributed by atoms with Crippen LogP contribution in [0.4, 0.5) is 0 Å². The highest BCUT2D eigenvalue weighted by atomic mass is 15.3. The molecule has 3 nitrogen and oxygen atoms in total. The number of piperazine rings is 1. The fourth-order valence-electron chi connectivity index (χ4n) is 3.68. The molecule has 2 aliphatic rings. The average molecular weight is 281 g/mol. The van der Waals surface area contributed by atoms with Gasteiger partial charge in [-0.2, -0.15) is 0 Å². The molecule has 2 fully saturated rings. The first kappa shape index (κ1) is 16.3. The summed E-state index contributed by atoms with van der Waals surface area (Å²) in [5.74, 6) is 0.896. The molecule has 1 atom stereocenters. The summed E-state index contributed by atoms with van der Waals surface area (Å²) in [6.07, 6.45) is 2.83. The van der Waals surface area contributed by atoms with Gasteiger partial charge in [-0.15, -0.1) is 0 Å². The van der Waals surface area contributed by atoms with Gasteiger partial charge in [0, 0.05) is 50.8 Å². The molecule has 0 amide bonds. The lowest BCUT2D eigenvalue weighted by Gasteiger charge is -2.44. The van der Waals surface area contributed by atoms with E-state index in [1.165, 1.54) is 58.7 Å². The molecule has 0 radical (unpaired) electrons. The van der Waals surface area contributed by atoms with E-state index in [-0.39, 0.29) is 0 Å². The van der Waals surface area contributed by atoms with Gasteiger partial charge in [0.25, 0.3) is 0 Å². The van der Waals surface area contributed by atoms with Crippen LogP contribution in [-0.4, -0.2) is 72.1 Å². The summed E-state index contributed by atoms with van der Waals surface area (Å²) >= 11 is 0. The smallest absolute Gasteiger partial charge is 0.0126 e. The molecule has 0 N–H and O–H groups in total. The van der Waals surface area contributed by atoms with E-state index in [1.54, 1.807) is 0 Å². The summed E-state index contributed by atoms with van der Waals surface area (Å²) in [4.78, 5) is 8.00. The minimum Gasteiger partial charge on any atom is -0.301 e. The van der Waals surface area contributed by atoms with E-state index >= 15 is 0 Å². The predicted octanol–water partition coefficient (Wildman–Crippen LogP) is 2.52. The van der Waals surface area contributed by atoms with E-state index in [9.17, 15) is 0 Å². The third-order valence-corrected chi connectivity index (χ3v) is 5.12. The lowest BCUT2D eigenvalue weighted by atomic mass is 9.96. The Morgan fingerprint density at radius 3 is 2.20 bits per heavy atom. The number of nitrogens with zero attached hydrogens (tertiary/aromatic N) is 3. The second-order valence-electron chi connectivity index (χ2n) is 8.06. The molecule has 0 unspecified atom stereocenters. The molecule has 0 saturated carbocycles. The number of piperidine rings is 1. The van der Waals surface area contributed by atoms with Crippen molar-refractivity contribution in [3.8, 4) is 0 Å². The first-order valence-corrected chi connectivity index (χ1v) is 8.57. The van der Waals surface area contributed by atoms with Gasteiger partial charge in [0.05, 0.1) is 0 Å².